The first kappa shape index (κ1) is 28.2. The van der Waals surface area contributed by atoms with E-state index in [0.29, 0.717) is 58.3 Å². The van der Waals surface area contributed by atoms with Gasteiger partial charge in [0.15, 0.2) is 11.9 Å². The normalized spacial score (nSPS) is 15.4. The molecule has 0 unspecified atom stereocenters. The van der Waals surface area contributed by atoms with E-state index in [1.165, 1.54) is 6.08 Å². The van der Waals surface area contributed by atoms with Crippen LogP contribution < -0.4 is 10.6 Å². The van der Waals surface area contributed by atoms with Gasteiger partial charge in [0.25, 0.3) is 0 Å². The summed E-state index contributed by atoms with van der Waals surface area (Å²) < 4.78 is 1.56. The summed E-state index contributed by atoms with van der Waals surface area (Å²) in [6, 6.07) is 14.7. The number of aromatic nitrogens is 3. The van der Waals surface area contributed by atoms with Crippen LogP contribution in [0.3, 0.4) is 0 Å². The van der Waals surface area contributed by atoms with Gasteiger partial charge in [-0.25, -0.2) is 14.3 Å². The van der Waals surface area contributed by atoms with Crippen molar-refractivity contribution in [3.8, 4) is 16.9 Å². The second-order valence-corrected chi connectivity index (χ2v) is 11.1. The fourth-order valence-corrected chi connectivity index (χ4v) is 5.84. The molecule has 3 heterocycles. The molecular weight excluding hydrogens is 538 g/mol. The van der Waals surface area contributed by atoms with Crippen molar-refractivity contribution in [2.24, 2.45) is 0 Å². The zero-order valence-corrected chi connectivity index (χ0v) is 24.4. The Kier molecular flexibility index (Phi) is 7.78. The zero-order valence-electron chi connectivity index (χ0n) is 23.6. The van der Waals surface area contributed by atoms with Gasteiger partial charge in [-0.3, -0.25) is 9.59 Å². The van der Waals surface area contributed by atoms with Crippen molar-refractivity contribution < 1.29 is 9.59 Å². The predicted octanol–water partition coefficient (Wildman–Crippen LogP) is 5.57. The van der Waals surface area contributed by atoms with E-state index in [4.69, 9.17) is 16.6 Å². The molecule has 1 atom stereocenters. The van der Waals surface area contributed by atoms with Crippen LogP contribution in [0.4, 0.5) is 5.82 Å². The van der Waals surface area contributed by atoms with Crippen molar-refractivity contribution >= 4 is 40.6 Å². The van der Waals surface area contributed by atoms with Crippen LogP contribution in [0.25, 0.3) is 28.0 Å². The number of aryl methyl sites for hydroxylation is 1. The van der Waals surface area contributed by atoms with Crippen molar-refractivity contribution in [3.05, 3.63) is 93.4 Å². The molecule has 4 aromatic rings. The lowest BCUT2D eigenvalue weighted by Gasteiger charge is -2.40. The van der Waals surface area contributed by atoms with Crippen LogP contribution in [0.5, 0.6) is 0 Å². The fourth-order valence-electron chi connectivity index (χ4n) is 5.58. The van der Waals surface area contributed by atoms with Crippen molar-refractivity contribution in [2.45, 2.75) is 39.7 Å². The number of hydrogen-bond donors (Lipinski definition) is 0. The number of halogens is 1. The molecule has 0 saturated carbocycles. The Morgan fingerprint density at radius 2 is 1.88 bits per heavy atom. The number of carbonyl (C=O) groups excluding carboxylic acids is 2. The number of amides is 1. The number of anilines is 1. The molecule has 210 valence electrons. The number of carbonyl (C=O) groups is 2. The Hall–Kier alpha value is -4.30. The molecule has 0 bridgehead atoms. The number of para-hydroxylation sites is 1. The van der Waals surface area contributed by atoms with Gasteiger partial charge in [0.1, 0.15) is 5.82 Å². The number of fused-ring (bicyclic) bond motifs is 1. The highest BCUT2D eigenvalue weighted by atomic mass is 35.5. The number of hydrogen-bond acceptors (Lipinski definition) is 6. The van der Waals surface area contributed by atoms with Crippen LogP contribution >= 0.6 is 11.6 Å². The first-order chi connectivity index (χ1) is 19.7. The van der Waals surface area contributed by atoms with Crippen molar-refractivity contribution in [3.63, 3.8) is 0 Å². The lowest BCUT2D eigenvalue weighted by Crippen LogP contribution is -2.54. The van der Waals surface area contributed by atoms with Gasteiger partial charge in [0, 0.05) is 36.8 Å². The molecule has 41 heavy (non-hydrogen) atoms. The summed E-state index contributed by atoms with van der Waals surface area (Å²) in [7, 11) is 0. The molecule has 1 fully saturated rings. The Morgan fingerprint density at radius 3 is 2.56 bits per heavy atom. The lowest BCUT2D eigenvalue weighted by atomic mass is 9.98. The minimum Gasteiger partial charge on any atom is -0.350 e. The van der Waals surface area contributed by atoms with E-state index >= 15 is 0 Å². The maximum absolute atomic E-state index is 14.0. The van der Waals surface area contributed by atoms with Gasteiger partial charge in [-0.2, -0.15) is 4.98 Å². The second kappa shape index (κ2) is 11.3. The number of benzene rings is 2. The summed E-state index contributed by atoms with van der Waals surface area (Å²) in [5, 5.41) is 0.942. The summed E-state index contributed by atoms with van der Waals surface area (Å²) >= 11 is 6.87. The van der Waals surface area contributed by atoms with Crippen LogP contribution in [0.1, 0.15) is 48.2 Å². The minimum absolute atomic E-state index is 0.127. The molecule has 1 aliphatic heterocycles. The molecule has 0 N–H and O–H groups in total. The summed E-state index contributed by atoms with van der Waals surface area (Å²) in [6.45, 7) is 13.1. The summed E-state index contributed by atoms with van der Waals surface area (Å²) in [5.41, 5.74) is 3.98. The van der Waals surface area contributed by atoms with Gasteiger partial charge in [-0.1, -0.05) is 74.5 Å². The van der Waals surface area contributed by atoms with Gasteiger partial charge in [0.05, 0.1) is 21.8 Å². The highest BCUT2D eigenvalue weighted by molar-refractivity contribution is 6.34. The smallest absolute Gasteiger partial charge is 0.350 e. The Morgan fingerprint density at radius 1 is 1.12 bits per heavy atom. The quantitative estimate of drug-likeness (QED) is 0.223. The van der Waals surface area contributed by atoms with E-state index in [0.717, 1.165) is 23.1 Å². The molecular formula is C32H32ClN5O3. The van der Waals surface area contributed by atoms with Crippen molar-refractivity contribution in [1.29, 1.82) is 0 Å². The van der Waals surface area contributed by atoms with E-state index in [9.17, 15) is 14.4 Å². The van der Waals surface area contributed by atoms with Crippen LogP contribution in [0, 0.1) is 6.92 Å². The predicted molar refractivity (Wildman–Crippen MR) is 163 cm³/mol. The summed E-state index contributed by atoms with van der Waals surface area (Å²) in [6.07, 6.45) is 2.08. The van der Waals surface area contributed by atoms with E-state index in [1.54, 1.807) is 33.7 Å². The molecule has 0 aliphatic carbocycles. The first-order valence-corrected chi connectivity index (χ1v) is 14.0. The second-order valence-electron chi connectivity index (χ2n) is 10.6. The Bertz CT molecular complexity index is 1750. The Balaban J connectivity index is 1.82. The number of nitrogens with zero attached hydrogens (tertiary/aromatic N) is 5. The van der Waals surface area contributed by atoms with Crippen LogP contribution in [-0.2, 0) is 4.79 Å². The van der Waals surface area contributed by atoms with Gasteiger partial charge >= 0.3 is 5.69 Å². The molecule has 0 spiro atoms. The monoisotopic (exact) mass is 569 g/mol. The average Bonchev–Trinajstić information content (AvgIpc) is 2.96. The van der Waals surface area contributed by atoms with Gasteiger partial charge < -0.3 is 9.80 Å². The number of rotatable bonds is 6. The zero-order chi connectivity index (χ0) is 29.4. The van der Waals surface area contributed by atoms with Crippen LogP contribution in [0.2, 0.25) is 5.02 Å². The SMILES string of the molecule is C=CC(=O)N1CCN(c2nc(=O)n(-c3c(C)cccc3C(C)C)c3nc(-c4ccccc4C=O)c(Cl)cc23)[C@@H](C)C1. The molecule has 1 saturated heterocycles. The third-order valence-corrected chi connectivity index (χ3v) is 7.93. The number of pyridine rings is 1. The topological polar surface area (TPSA) is 88.4 Å². The highest BCUT2D eigenvalue weighted by Crippen LogP contribution is 2.36. The van der Waals surface area contributed by atoms with E-state index in [2.05, 4.69) is 25.4 Å². The highest BCUT2D eigenvalue weighted by Gasteiger charge is 2.30. The molecule has 9 heteroatoms. The van der Waals surface area contributed by atoms with E-state index in [-0.39, 0.29) is 17.9 Å². The third-order valence-electron chi connectivity index (χ3n) is 7.64. The molecule has 1 aliphatic rings. The first-order valence-electron chi connectivity index (χ1n) is 13.6. The molecule has 0 radical (unpaired) electrons. The van der Waals surface area contributed by atoms with Crippen molar-refractivity contribution in [2.75, 3.05) is 24.5 Å². The maximum atomic E-state index is 14.0. The van der Waals surface area contributed by atoms with E-state index in [1.807, 2.05) is 43.0 Å². The standard InChI is InChI=1S/C32H32ClN5O3/c1-6-27(40)36-14-15-37(21(5)17-36)30-25-16-26(33)28(24-12-8-7-11-22(24)18-39)34-31(25)38(32(41)35-30)29-20(4)10-9-13-23(29)19(2)3/h6-13,16,18-19,21H,1,14-15,17H2,2-5H3/t21-/m0/s1. The Labute approximate surface area is 243 Å². The van der Waals surface area contributed by atoms with Gasteiger partial charge in [0.2, 0.25) is 5.91 Å². The van der Waals surface area contributed by atoms with E-state index < -0.39 is 5.69 Å². The molecule has 2 aromatic heterocycles. The third kappa shape index (κ3) is 5.04. The summed E-state index contributed by atoms with van der Waals surface area (Å²) in [5.74, 6) is 0.460. The molecule has 8 nitrogen and oxygen atoms in total. The van der Waals surface area contributed by atoms with Crippen LogP contribution in [0.15, 0.2) is 66.0 Å². The summed E-state index contributed by atoms with van der Waals surface area (Å²) in [4.78, 5) is 51.6. The number of piperazine rings is 1. The fraction of sp³-hybridized carbons (Fsp3) is 0.281. The minimum atomic E-state index is -0.468. The van der Waals surface area contributed by atoms with Gasteiger partial charge in [-0.05, 0) is 43.0 Å². The lowest BCUT2D eigenvalue weighted by molar-refractivity contribution is -0.126. The molecule has 5 rings (SSSR count). The number of aldehydes is 1. The largest absolute Gasteiger partial charge is 0.355 e. The molecule has 1 amide bonds. The van der Waals surface area contributed by atoms with Crippen LogP contribution in [-0.4, -0.2) is 57.3 Å². The average molecular weight is 570 g/mol. The van der Waals surface area contributed by atoms with Crippen molar-refractivity contribution in [1.82, 2.24) is 19.4 Å². The maximum Gasteiger partial charge on any atom is 0.355 e. The molecule has 2 aromatic carbocycles. The van der Waals surface area contributed by atoms with Gasteiger partial charge in [-0.15, -0.1) is 0 Å².